The van der Waals surface area contributed by atoms with Gasteiger partial charge < -0.3 is 9.47 Å². The van der Waals surface area contributed by atoms with Gasteiger partial charge in [-0.3, -0.25) is 14.7 Å². The maximum Gasteiger partial charge on any atom is 0.266 e. The number of unbranched alkanes of at least 4 members (excludes halogenated alkanes) is 5. The Hall–Kier alpha value is -2.51. The second kappa shape index (κ2) is 13.4. The second-order valence-corrected chi connectivity index (χ2v) is 9.32. The topological polar surface area (TPSA) is 64.0 Å². The number of thioether (sulfide) groups is 1. The van der Waals surface area contributed by atoms with E-state index in [9.17, 15) is 4.79 Å². The predicted molar refractivity (Wildman–Crippen MR) is 141 cm³/mol. The summed E-state index contributed by atoms with van der Waals surface area (Å²) in [7, 11) is 1.63. The van der Waals surface area contributed by atoms with Crippen LogP contribution in [-0.2, 0) is 4.79 Å². The maximum absolute atomic E-state index is 13.0. The Morgan fingerprint density at radius 1 is 1.12 bits per heavy atom. The number of likely N-dealkylation sites (N-methyl/N-ethyl adjacent to an activating group) is 1. The highest BCUT2D eigenvalue weighted by Gasteiger charge is 2.32. The quantitative estimate of drug-likeness (QED) is 0.229. The molecular weight excluding hydrogens is 470 g/mol. The number of halogens is 1. The number of carbonyl (C=O) groups excluding carboxylic acids is 1. The summed E-state index contributed by atoms with van der Waals surface area (Å²) in [5, 5.41) is 1.04. The van der Waals surface area contributed by atoms with Gasteiger partial charge in [-0.2, -0.15) is 0 Å². The third-order valence-corrected chi connectivity index (χ3v) is 6.71. The average Bonchev–Trinajstić information content (AvgIpc) is 3.14. The van der Waals surface area contributed by atoms with Crippen molar-refractivity contribution >= 4 is 46.2 Å². The lowest BCUT2D eigenvalue weighted by molar-refractivity contribution is -0.122. The summed E-state index contributed by atoms with van der Waals surface area (Å²) in [5.74, 6) is 1.28. The number of aromatic nitrogens is 1. The molecule has 0 unspecified atom stereocenters. The molecule has 1 aliphatic heterocycles. The van der Waals surface area contributed by atoms with Crippen LogP contribution in [0, 0.1) is 0 Å². The standard InChI is InChI=1S/C26H32ClN3O3S/c1-4-6-7-8-9-10-15-33-22-12-11-19(16-23(22)32-3)17-24-25(31)30(5-2)26(34-24)29-21-13-14-28-18-20(21)27/h11-14,16-18H,4-10,15H2,1-3H3/b24-17-,29-26?. The third kappa shape index (κ3) is 7.00. The van der Waals surface area contributed by atoms with Gasteiger partial charge in [0.05, 0.1) is 29.3 Å². The van der Waals surface area contributed by atoms with Crippen molar-refractivity contribution in [3.8, 4) is 11.5 Å². The number of aliphatic imine (C=N–C) groups is 1. The molecule has 8 heteroatoms. The highest BCUT2D eigenvalue weighted by molar-refractivity contribution is 8.18. The van der Waals surface area contributed by atoms with Crippen molar-refractivity contribution in [2.75, 3.05) is 20.3 Å². The second-order valence-electron chi connectivity index (χ2n) is 7.91. The van der Waals surface area contributed by atoms with E-state index in [-0.39, 0.29) is 5.91 Å². The third-order valence-electron chi connectivity index (χ3n) is 5.41. The smallest absolute Gasteiger partial charge is 0.266 e. The highest BCUT2D eigenvalue weighted by atomic mass is 35.5. The van der Waals surface area contributed by atoms with Gasteiger partial charge in [0.25, 0.3) is 5.91 Å². The summed E-state index contributed by atoms with van der Waals surface area (Å²) < 4.78 is 11.5. The molecule has 1 aromatic carbocycles. The summed E-state index contributed by atoms with van der Waals surface area (Å²) in [6, 6.07) is 7.45. The van der Waals surface area contributed by atoms with Crippen LogP contribution >= 0.6 is 23.4 Å². The van der Waals surface area contributed by atoms with Gasteiger partial charge in [0.15, 0.2) is 16.7 Å². The van der Waals surface area contributed by atoms with Crippen molar-refractivity contribution in [2.45, 2.75) is 52.4 Å². The van der Waals surface area contributed by atoms with Crippen LogP contribution in [0.1, 0.15) is 57.9 Å². The first-order chi connectivity index (χ1) is 16.6. The lowest BCUT2D eigenvalue weighted by Crippen LogP contribution is -2.28. The van der Waals surface area contributed by atoms with E-state index in [0.717, 1.165) is 12.0 Å². The first-order valence-corrected chi connectivity index (χ1v) is 13.0. The molecule has 1 amide bonds. The van der Waals surface area contributed by atoms with E-state index in [2.05, 4.69) is 16.9 Å². The van der Waals surface area contributed by atoms with Crippen molar-refractivity contribution in [2.24, 2.45) is 4.99 Å². The molecule has 2 heterocycles. The molecule has 0 saturated carbocycles. The molecule has 0 N–H and O–H groups in total. The van der Waals surface area contributed by atoms with Gasteiger partial charge in [0, 0.05) is 18.9 Å². The number of hydrogen-bond acceptors (Lipinski definition) is 6. The molecule has 0 radical (unpaired) electrons. The molecule has 0 spiro atoms. The van der Waals surface area contributed by atoms with Crippen molar-refractivity contribution in [3.63, 3.8) is 0 Å². The Morgan fingerprint density at radius 2 is 1.91 bits per heavy atom. The van der Waals surface area contributed by atoms with Crippen LogP contribution in [0.3, 0.4) is 0 Å². The zero-order valence-electron chi connectivity index (χ0n) is 20.1. The molecule has 2 aromatic rings. The Kier molecular flexibility index (Phi) is 10.3. The van der Waals surface area contributed by atoms with Gasteiger partial charge in [-0.1, -0.05) is 56.7 Å². The van der Waals surface area contributed by atoms with Crippen molar-refractivity contribution in [3.05, 3.63) is 52.2 Å². The number of nitrogens with zero attached hydrogens (tertiary/aromatic N) is 3. The molecule has 0 atom stereocenters. The minimum Gasteiger partial charge on any atom is -0.493 e. The van der Waals surface area contributed by atoms with Crippen molar-refractivity contribution in [1.29, 1.82) is 0 Å². The van der Waals surface area contributed by atoms with E-state index in [0.29, 0.717) is 45.4 Å². The normalized spacial score (nSPS) is 16.0. The number of rotatable bonds is 12. The number of methoxy groups -OCH3 is 1. The highest BCUT2D eigenvalue weighted by Crippen LogP contribution is 2.36. The number of benzene rings is 1. The average molecular weight is 502 g/mol. The number of amidine groups is 1. The molecule has 1 fully saturated rings. The van der Waals surface area contributed by atoms with Crippen molar-refractivity contribution in [1.82, 2.24) is 9.88 Å². The molecule has 1 aliphatic rings. The monoisotopic (exact) mass is 501 g/mol. The fourth-order valence-corrected chi connectivity index (χ4v) is 4.76. The number of hydrogen-bond donors (Lipinski definition) is 0. The van der Waals surface area contributed by atoms with Gasteiger partial charge in [-0.15, -0.1) is 0 Å². The first kappa shape index (κ1) is 26.1. The van der Waals surface area contributed by atoms with Crippen LogP contribution in [-0.4, -0.2) is 41.2 Å². The zero-order valence-corrected chi connectivity index (χ0v) is 21.6. The van der Waals surface area contributed by atoms with Gasteiger partial charge in [-0.05, 0) is 54.9 Å². The summed E-state index contributed by atoms with van der Waals surface area (Å²) in [4.78, 5) is 23.8. The fourth-order valence-electron chi connectivity index (χ4n) is 3.54. The van der Waals surface area contributed by atoms with Crippen molar-refractivity contribution < 1.29 is 14.3 Å². The van der Waals surface area contributed by atoms with E-state index >= 15 is 0 Å². The lowest BCUT2D eigenvalue weighted by atomic mass is 10.1. The fraction of sp³-hybridized carbons (Fsp3) is 0.423. The summed E-state index contributed by atoms with van der Waals surface area (Å²) in [6.07, 6.45) is 12.3. The molecule has 3 rings (SSSR count). The Bertz CT molecular complexity index is 1040. The Labute approximate surface area is 211 Å². The molecule has 0 aliphatic carbocycles. The molecule has 6 nitrogen and oxygen atoms in total. The molecule has 1 saturated heterocycles. The predicted octanol–water partition coefficient (Wildman–Crippen LogP) is 7.11. The largest absolute Gasteiger partial charge is 0.493 e. The number of amides is 1. The molecule has 34 heavy (non-hydrogen) atoms. The Morgan fingerprint density at radius 3 is 2.65 bits per heavy atom. The zero-order chi connectivity index (χ0) is 24.3. The van der Waals surface area contributed by atoms with Gasteiger partial charge in [0.1, 0.15) is 0 Å². The SMILES string of the molecule is CCCCCCCCOc1ccc(/C=C2\SC(=Nc3ccncc3Cl)N(CC)C2=O)cc1OC. The van der Waals surface area contributed by atoms with E-state index in [1.165, 1.54) is 50.1 Å². The maximum atomic E-state index is 13.0. The van der Waals surface area contributed by atoms with E-state index in [4.69, 9.17) is 21.1 Å². The van der Waals surface area contributed by atoms with E-state index in [1.807, 2.05) is 31.2 Å². The minimum absolute atomic E-state index is 0.0844. The summed E-state index contributed by atoms with van der Waals surface area (Å²) in [5.41, 5.74) is 1.44. The number of pyridine rings is 1. The van der Waals surface area contributed by atoms with Crippen LogP contribution in [0.4, 0.5) is 5.69 Å². The van der Waals surface area contributed by atoms with Crippen LogP contribution in [0.2, 0.25) is 5.02 Å². The minimum atomic E-state index is -0.0844. The number of carbonyl (C=O) groups is 1. The van der Waals surface area contributed by atoms with Crippen LogP contribution in [0.25, 0.3) is 6.08 Å². The van der Waals surface area contributed by atoms with E-state index in [1.54, 1.807) is 24.3 Å². The Balaban J connectivity index is 1.69. The number of ether oxygens (including phenoxy) is 2. The molecule has 0 bridgehead atoms. The van der Waals surface area contributed by atoms with Gasteiger partial charge >= 0.3 is 0 Å². The van der Waals surface area contributed by atoms with Crippen LogP contribution < -0.4 is 9.47 Å². The van der Waals surface area contributed by atoms with Crippen LogP contribution in [0.15, 0.2) is 46.6 Å². The molecular formula is C26H32ClN3O3S. The molecule has 1 aromatic heterocycles. The van der Waals surface area contributed by atoms with Gasteiger partial charge in [-0.25, -0.2) is 4.99 Å². The summed E-state index contributed by atoms with van der Waals surface area (Å²) in [6.45, 7) is 5.32. The lowest BCUT2D eigenvalue weighted by Gasteiger charge is -2.12. The molecule has 182 valence electrons. The first-order valence-electron chi connectivity index (χ1n) is 11.8. The van der Waals surface area contributed by atoms with Crippen LogP contribution in [0.5, 0.6) is 11.5 Å². The summed E-state index contributed by atoms with van der Waals surface area (Å²) >= 11 is 7.52. The van der Waals surface area contributed by atoms with Gasteiger partial charge in [0.2, 0.25) is 0 Å². The van der Waals surface area contributed by atoms with E-state index < -0.39 is 0 Å².